The lowest BCUT2D eigenvalue weighted by Gasteiger charge is -2.22. The Morgan fingerprint density at radius 2 is 1.79 bits per heavy atom. The van der Waals surface area contributed by atoms with Gasteiger partial charge >= 0.3 is 6.03 Å². The maximum atomic E-state index is 12.6. The third-order valence-electron chi connectivity index (χ3n) is 6.16. The lowest BCUT2D eigenvalue weighted by atomic mass is 9.93. The predicted octanol–water partition coefficient (Wildman–Crippen LogP) is 2.83. The van der Waals surface area contributed by atoms with Crippen LogP contribution >= 0.6 is 0 Å². The van der Waals surface area contributed by atoms with Crippen molar-refractivity contribution in [3.05, 3.63) is 58.7 Å². The summed E-state index contributed by atoms with van der Waals surface area (Å²) < 4.78 is 11.0. The number of hydrazone groups is 1. The van der Waals surface area contributed by atoms with Crippen LogP contribution in [0.5, 0.6) is 11.5 Å². The molecule has 1 aliphatic carbocycles. The largest absolute Gasteiger partial charge is 0.493 e. The topological polar surface area (TPSA) is 116 Å². The first kappa shape index (κ1) is 23.1. The molecule has 9 heteroatoms. The van der Waals surface area contributed by atoms with Gasteiger partial charge < -0.3 is 20.1 Å². The van der Waals surface area contributed by atoms with Crippen molar-refractivity contribution in [2.45, 2.75) is 37.8 Å². The number of fused-ring (bicyclic) bond motifs is 1. The number of carbonyl (C=O) groups excluding carboxylic acids is 2. The summed E-state index contributed by atoms with van der Waals surface area (Å²) in [6, 6.07) is 12.4. The van der Waals surface area contributed by atoms with Crippen molar-refractivity contribution in [2.75, 3.05) is 21.3 Å². The minimum atomic E-state index is -0.736. The van der Waals surface area contributed by atoms with E-state index in [1.807, 2.05) is 19.1 Å². The van der Waals surface area contributed by atoms with E-state index in [9.17, 15) is 14.9 Å². The molecule has 2 aromatic carbocycles. The first-order chi connectivity index (χ1) is 16.3. The zero-order chi connectivity index (χ0) is 24.5. The van der Waals surface area contributed by atoms with Crippen LogP contribution in [0.2, 0.25) is 0 Å². The van der Waals surface area contributed by atoms with E-state index in [0.717, 1.165) is 16.7 Å². The maximum Gasteiger partial charge on any atom is 0.337 e. The summed E-state index contributed by atoms with van der Waals surface area (Å²) in [5, 5.41) is 20.8. The van der Waals surface area contributed by atoms with Crippen molar-refractivity contribution in [1.29, 1.82) is 5.26 Å². The summed E-state index contributed by atoms with van der Waals surface area (Å²) in [6.07, 6.45) is 1.90. The van der Waals surface area contributed by atoms with Gasteiger partial charge in [-0.15, -0.1) is 0 Å². The van der Waals surface area contributed by atoms with Crippen molar-refractivity contribution < 1.29 is 19.1 Å². The average molecular weight is 462 g/mol. The molecule has 3 amide bonds. The van der Waals surface area contributed by atoms with Gasteiger partial charge in [0, 0.05) is 23.7 Å². The molecular weight excluding hydrogens is 434 g/mol. The molecule has 0 radical (unpaired) electrons. The molecule has 176 valence electrons. The van der Waals surface area contributed by atoms with Gasteiger partial charge in [0.15, 0.2) is 11.5 Å². The highest BCUT2D eigenvalue weighted by atomic mass is 16.5. The summed E-state index contributed by atoms with van der Waals surface area (Å²) in [4.78, 5) is 25.2. The number of nitrogens with zero attached hydrogens (tertiary/aromatic N) is 3. The highest BCUT2D eigenvalue weighted by molar-refractivity contribution is 6.15. The lowest BCUT2D eigenvalue weighted by molar-refractivity contribution is 0.0941. The lowest BCUT2D eigenvalue weighted by Crippen LogP contribution is -2.41. The number of carbonyl (C=O) groups is 2. The molecule has 4 rings (SSSR count). The Morgan fingerprint density at radius 3 is 2.35 bits per heavy atom. The van der Waals surface area contributed by atoms with Gasteiger partial charge in [-0.3, -0.25) is 4.79 Å². The van der Waals surface area contributed by atoms with Crippen LogP contribution in [0.25, 0.3) is 0 Å². The standard InChI is InChI=1S/C25H27N5O4/c1-15-11-18-12-20(33-3)21(34-4)13-19(18)22(29-30(15)24(32)27-2)16-5-7-17(8-6-16)23(31)28-25(14-26)9-10-25/h5-8,12-13,15H,9-11H2,1-4H3,(H,27,32)(H,28,31). The van der Waals surface area contributed by atoms with Gasteiger partial charge in [-0.25, -0.2) is 9.80 Å². The Labute approximate surface area is 198 Å². The van der Waals surface area contributed by atoms with Gasteiger partial charge in [0.05, 0.1) is 32.0 Å². The maximum absolute atomic E-state index is 12.6. The number of hydrogen-bond acceptors (Lipinski definition) is 6. The van der Waals surface area contributed by atoms with Crippen LogP contribution in [0.15, 0.2) is 41.5 Å². The third-order valence-corrected chi connectivity index (χ3v) is 6.16. The quantitative estimate of drug-likeness (QED) is 0.710. The molecular formula is C25H27N5O4. The van der Waals surface area contributed by atoms with Gasteiger partial charge in [-0.1, -0.05) is 12.1 Å². The smallest absolute Gasteiger partial charge is 0.337 e. The Kier molecular flexibility index (Phi) is 6.16. The molecule has 1 unspecified atom stereocenters. The van der Waals surface area contributed by atoms with Gasteiger partial charge in [-0.2, -0.15) is 10.4 Å². The molecule has 2 aliphatic rings. The molecule has 0 bridgehead atoms. The average Bonchev–Trinajstić information content (AvgIpc) is 3.65. The molecule has 2 N–H and O–H groups in total. The minimum Gasteiger partial charge on any atom is -0.493 e. The van der Waals surface area contributed by atoms with Crippen LogP contribution in [0.3, 0.4) is 0 Å². The fourth-order valence-corrected chi connectivity index (χ4v) is 4.01. The SMILES string of the molecule is CNC(=O)N1N=C(c2ccc(C(=O)NC3(C#N)CC3)cc2)c2cc(OC)c(OC)cc2CC1C. The number of amides is 3. The van der Waals surface area contributed by atoms with Crippen LogP contribution in [0, 0.1) is 11.3 Å². The van der Waals surface area contributed by atoms with E-state index in [1.165, 1.54) is 5.01 Å². The number of ether oxygens (including phenoxy) is 2. The van der Waals surface area contributed by atoms with Crippen molar-refractivity contribution in [1.82, 2.24) is 15.6 Å². The summed E-state index contributed by atoms with van der Waals surface area (Å²) in [5.41, 5.74) is 2.79. The van der Waals surface area contributed by atoms with Crippen LogP contribution in [-0.4, -0.2) is 55.5 Å². The highest BCUT2D eigenvalue weighted by Gasteiger charge is 2.44. The second kappa shape index (κ2) is 9.06. The van der Waals surface area contributed by atoms with Gasteiger partial charge in [0.2, 0.25) is 0 Å². The van der Waals surface area contributed by atoms with E-state index in [0.29, 0.717) is 42.0 Å². The van der Waals surface area contributed by atoms with E-state index in [2.05, 4.69) is 16.7 Å². The molecule has 1 heterocycles. The molecule has 0 aromatic heterocycles. The zero-order valence-electron chi connectivity index (χ0n) is 19.6. The number of benzene rings is 2. The van der Waals surface area contributed by atoms with Crippen molar-refractivity contribution in [3.63, 3.8) is 0 Å². The number of rotatable bonds is 5. The Bertz CT molecular complexity index is 1200. The van der Waals surface area contributed by atoms with Crippen molar-refractivity contribution in [2.24, 2.45) is 5.10 Å². The summed E-state index contributed by atoms with van der Waals surface area (Å²) in [5.74, 6) is 0.859. The summed E-state index contributed by atoms with van der Waals surface area (Å²) in [6.45, 7) is 1.93. The van der Waals surface area contributed by atoms with E-state index in [4.69, 9.17) is 14.6 Å². The molecule has 9 nitrogen and oxygen atoms in total. The molecule has 1 atom stereocenters. The van der Waals surface area contributed by atoms with E-state index in [1.54, 1.807) is 45.5 Å². The zero-order valence-corrected chi connectivity index (χ0v) is 19.6. The van der Waals surface area contributed by atoms with Crippen LogP contribution in [0.1, 0.15) is 46.8 Å². The predicted molar refractivity (Wildman–Crippen MR) is 126 cm³/mol. The first-order valence-electron chi connectivity index (χ1n) is 11.0. The van der Waals surface area contributed by atoms with Gasteiger partial charge in [0.25, 0.3) is 5.91 Å². The van der Waals surface area contributed by atoms with Crippen molar-refractivity contribution in [3.8, 4) is 17.6 Å². The Hall–Kier alpha value is -4.06. The summed E-state index contributed by atoms with van der Waals surface area (Å²) in [7, 11) is 4.71. The molecule has 2 aromatic rings. The van der Waals surface area contributed by atoms with Gasteiger partial charge in [0.1, 0.15) is 5.54 Å². The second-order valence-electron chi connectivity index (χ2n) is 8.49. The summed E-state index contributed by atoms with van der Waals surface area (Å²) >= 11 is 0. The van der Waals surface area contributed by atoms with Crippen LogP contribution in [-0.2, 0) is 6.42 Å². The minimum absolute atomic E-state index is 0.208. The molecule has 34 heavy (non-hydrogen) atoms. The van der Waals surface area contributed by atoms with Crippen molar-refractivity contribution >= 4 is 17.6 Å². The molecule has 0 saturated heterocycles. The fraction of sp³-hybridized carbons (Fsp3) is 0.360. The number of urea groups is 1. The Balaban J connectivity index is 1.76. The second-order valence-corrected chi connectivity index (χ2v) is 8.49. The number of hydrogen-bond donors (Lipinski definition) is 2. The van der Waals surface area contributed by atoms with E-state index >= 15 is 0 Å². The number of methoxy groups -OCH3 is 2. The van der Waals surface area contributed by atoms with E-state index < -0.39 is 5.54 Å². The fourth-order valence-electron chi connectivity index (χ4n) is 4.01. The molecule has 1 saturated carbocycles. The molecule has 1 fully saturated rings. The third kappa shape index (κ3) is 4.27. The first-order valence-corrected chi connectivity index (χ1v) is 11.0. The normalized spacial score (nSPS) is 17.9. The van der Waals surface area contributed by atoms with E-state index in [-0.39, 0.29) is 18.0 Å². The number of nitriles is 1. The van der Waals surface area contributed by atoms with Crippen LogP contribution < -0.4 is 20.1 Å². The number of nitrogens with one attached hydrogen (secondary N) is 2. The monoisotopic (exact) mass is 461 g/mol. The highest BCUT2D eigenvalue weighted by Crippen LogP contribution is 2.36. The van der Waals surface area contributed by atoms with Crippen LogP contribution in [0.4, 0.5) is 4.79 Å². The Morgan fingerprint density at radius 1 is 1.15 bits per heavy atom. The molecule has 1 aliphatic heterocycles. The van der Waals surface area contributed by atoms with Gasteiger partial charge in [-0.05, 0) is 56.0 Å². The molecule has 0 spiro atoms.